The summed E-state index contributed by atoms with van der Waals surface area (Å²) in [5.41, 5.74) is 3.42. The molecule has 0 saturated carbocycles. The van der Waals surface area contributed by atoms with Gasteiger partial charge in [-0.05, 0) is 42.5 Å². The first-order chi connectivity index (χ1) is 15.5. The lowest BCUT2D eigenvalue weighted by Crippen LogP contribution is -2.15. The van der Waals surface area contributed by atoms with Gasteiger partial charge in [0.2, 0.25) is 17.0 Å². The van der Waals surface area contributed by atoms with Crippen LogP contribution < -0.4 is 15.4 Å². The van der Waals surface area contributed by atoms with E-state index in [2.05, 4.69) is 25.9 Å². The third-order valence-corrected chi connectivity index (χ3v) is 5.32. The van der Waals surface area contributed by atoms with Gasteiger partial charge in [0.05, 0.1) is 18.6 Å². The predicted molar refractivity (Wildman–Crippen MR) is 123 cm³/mol. The summed E-state index contributed by atoms with van der Waals surface area (Å²) in [6.45, 7) is 1.43. The van der Waals surface area contributed by atoms with Crippen LogP contribution in [-0.4, -0.2) is 44.5 Å². The molecule has 0 aliphatic heterocycles. The van der Waals surface area contributed by atoms with Gasteiger partial charge in [-0.3, -0.25) is 9.59 Å². The smallest absolute Gasteiger partial charge is 0.234 e. The van der Waals surface area contributed by atoms with Crippen LogP contribution in [0.3, 0.4) is 0 Å². The second-order valence-electron chi connectivity index (χ2n) is 6.80. The average molecular weight is 449 g/mol. The maximum Gasteiger partial charge on any atom is 0.234 e. The highest BCUT2D eigenvalue weighted by Gasteiger charge is 2.12. The van der Waals surface area contributed by atoms with Crippen LogP contribution in [0.15, 0.2) is 65.8 Å². The van der Waals surface area contributed by atoms with E-state index in [0.717, 1.165) is 17.0 Å². The number of carbonyl (C=O) groups is 2. The van der Waals surface area contributed by atoms with Crippen LogP contribution in [0.2, 0.25) is 0 Å². The van der Waals surface area contributed by atoms with Gasteiger partial charge in [0, 0.05) is 23.9 Å². The molecule has 2 aromatic heterocycles. The summed E-state index contributed by atoms with van der Waals surface area (Å²) in [6.07, 6.45) is 0. The molecule has 9 nitrogen and oxygen atoms in total. The van der Waals surface area contributed by atoms with Crippen LogP contribution >= 0.6 is 11.8 Å². The molecule has 10 heteroatoms. The van der Waals surface area contributed by atoms with Gasteiger partial charge in [-0.1, -0.05) is 30.0 Å². The Hall–Kier alpha value is -3.92. The summed E-state index contributed by atoms with van der Waals surface area (Å²) in [6, 6.07) is 18.2. The van der Waals surface area contributed by atoms with E-state index < -0.39 is 0 Å². The van der Waals surface area contributed by atoms with E-state index in [1.54, 1.807) is 35.9 Å². The normalized spacial score (nSPS) is 10.7. The maximum absolute atomic E-state index is 12.4. The first kappa shape index (κ1) is 21.3. The number of hydrogen-bond acceptors (Lipinski definition) is 7. The van der Waals surface area contributed by atoms with E-state index in [9.17, 15) is 9.59 Å². The minimum absolute atomic E-state index is 0.121. The van der Waals surface area contributed by atoms with Crippen molar-refractivity contribution < 1.29 is 14.3 Å². The third kappa shape index (κ3) is 5.03. The van der Waals surface area contributed by atoms with Gasteiger partial charge in [-0.2, -0.15) is 9.61 Å². The van der Waals surface area contributed by atoms with Crippen LogP contribution in [0.1, 0.15) is 6.92 Å². The highest BCUT2D eigenvalue weighted by Crippen LogP contribution is 2.24. The van der Waals surface area contributed by atoms with Crippen LogP contribution in [0, 0.1) is 0 Å². The van der Waals surface area contributed by atoms with Crippen molar-refractivity contribution in [3.63, 3.8) is 0 Å². The molecule has 32 heavy (non-hydrogen) atoms. The first-order valence-corrected chi connectivity index (χ1v) is 10.7. The van der Waals surface area contributed by atoms with Crippen molar-refractivity contribution >= 4 is 40.6 Å². The molecule has 2 heterocycles. The Labute approximate surface area is 188 Å². The molecule has 0 saturated heterocycles. The minimum atomic E-state index is -0.212. The van der Waals surface area contributed by atoms with Gasteiger partial charge < -0.3 is 15.4 Å². The number of carbonyl (C=O) groups excluding carboxylic acids is 2. The Balaban J connectivity index is 1.46. The molecule has 0 radical (unpaired) electrons. The predicted octanol–water partition coefficient (Wildman–Crippen LogP) is 3.49. The number of fused-ring (bicyclic) bond motifs is 1. The van der Waals surface area contributed by atoms with Gasteiger partial charge in [0.15, 0.2) is 5.65 Å². The number of nitrogens with one attached hydrogen (secondary N) is 2. The molecule has 2 amide bonds. The quantitative estimate of drug-likeness (QED) is 0.416. The molecule has 4 rings (SSSR count). The summed E-state index contributed by atoms with van der Waals surface area (Å²) in [7, 11) is 1.62. The summed E-state index contributed by atoms with van der Waals surface area (Å²) >= 11 is 1.23. The second kappa shape index (κ2) is 9.48. The largest absolute Gasteiger partial charge is 0.497 e. The Morgan fingerprint density at radius 1 is 1.00 bits per heavy atom. The number of methoxy groups -OCH3 is 1. The molecule has 0 unspecified atom stereocenters. The van der Waals surface area contributed by atoms with E-state index in [1.807, 2.05) is 36.4 Å². The standard InChI is InChI=1S/C22H20N6O3S/c1-14(29)23-16-6-4-7-17(12-16)24-21(30)13-32-22-26-25-20-10-9-19(27-28(20)22)15-5-3-8-18(11-15)31-2/h3-12H,13H2,1-2H3,(H,23,29)(H,24,30). The van der Waals surface area contributed by atoms with Crippen LogP contribution in [0.25, 0.3) is 16.9 Å². The first-order valence-electron chi connectivity index (χ1n) is 9.69. The number of anilines is 2. The minimum Gasteiger partial charge on any atom is -0.497 e. The van der Waals surface area contributed by atoms with Gasteiger partial charge in [0.1, 0.15) is 5.75 Å². The van der Waals surface area contributed by atoms with E-state index >= 15 is 0 Å². The van der Waals surface area contributed by atoms with Crippen molar-refractivity contribution in [2.45, 2.75) is 12.1 Å². The van der Waals surface area contributed by atoms with Gasteiger partial charge >= 0.3 is 0 Å². The van der Waals surface area contributed by atoms with Crippen LogP contribution in [-0.2, 0) is 9.59 Å². The van der Waals surface area contributed by atoms with Gasteiger partial charge in [0.25, 0.3) is 0 Å². The zero-order valence-electron chi connectivity index (χ0n) is 17.4. The molecular formula is C22H20N6O3S. The number of amides is 2. The van der Waals surface area contributed by atoms with Crippen molar-refractivity contribution in [3.8, 4) is 17.0 Å². The zero-order valence-corrected chi connectivity index (χ0v) is 18.2. The highest BCUT2D eigenvalue weighted by molar-refractivity contribution is 7.99. The molecule has 4 aromatic rings. The fourth-order valence-corrected chi connectivity index (χ4v) is 3.69. The summed E-state index contributed by atoms with van der Waals surface area (Å²) in [4.78, 5) is 23.6. The highest BCUT2D eigenvalue weighted by atomic mass is 32.2. The second-order valence-corrected chi connectivity index (χ2v) is 7.74. The van der Waals surface area contributed by atoms with Crippen molar-refractivity contribution in [2.24, 2.45) is 0 Å². The van der Waals surface area contributed by atoms with Crippen molar-refractivity contribution in [3.05, 3.63) is 60.7 Å². The van der Waals surface area contributed by atoms with E-state index in [0.29, 0.717) is 22.2 Å². The fourth-order valence-electron chi connectivity index (χ4n) is 3.00. The molecule has 0 atom stereocenters. The number of aromatic nitrogens is 4. The van der Waals surface area contributed by atoms with Crippen molar-refractivity contribution in [2.75, 3.05) is 23.5 Å². The molecule has 0 fully saturated rings. The Kier molecular flexibility index (Phi) is 6.31. The van der Waals surface area contributed by atoms with Crippen molar-refractivity contribution in [1.82, 2.24) is 19.8 Å². The molecule has 0 aliphatic rings. The molecule has 0 aliphatic carbocycles. The van der Waals surface area contributed by atoms with Crippen LogP contribution in [0.5, 0.6) is 5.75 Å². The molecule has 0 spiro atoms. The fraction of sp³-hybridized carbons (Fsp3) is 0.136. The Bertz CT molecular complexity index is 1290. The SMILES string of the molecule is COc1cccc(-c2ccc3nnc(SCC(=O)Nc4cccc(NC(C)=O)c4)n3n2)c1. The molecule has 2 N–H and O–H groups in total. The number of ether oxygens (including phenoxy) is 1. The number of nitrogens with zero attached hydrogens (tertiary/aromatic N) is 4. The van der Waals surface area contributed by atoms with Crippen LogP contribution in [0.4, 0.5) is 11.4 Å². The number of hydrogen-bond donors (Lipinski definition) is 2. The number of rotatable bonds is 7. The van der Waals surface area contributed by atoms with E-state index in [-0.39, 0.29) is 17.6 Å². The average Bonchev–Trinajstić information content (AvgIpc) is 3.20. The zero-order chi connectivity index (χ0) is 22.5. The number of benzene rings is 2. The summed E-state index contributed by atoms with van der Waals surface area (Å²) in [5, 5.41) is 18.9. The maximum atomic E-state index is 12.4. The monoisotopic (exact) mass is 448 g/mol. The lowest BCUT2D eigenvalue weighted by atomic mass is 10.1. The summed E-state index contributed by atoms with van der Waals surface area (Å²) < 4.78 is 6.90. The number of thioether (sulfide) groups is 1. The Morgan fingerprint density at radius 3 is 2.56 bits per heavy atom. The summed E-state index contributed by atoms with van der Waals surface area (Å²) in [5.74, 6) is 0.470. The van der Waals surface area contributed by atoms with Crippen molar-refractivity contribution in [1.29, 1.82) is 0 Å². The Morgan fingerprint density at radius 2 is 1.78 bits per heavy atom. The lowest BCUT2D eigenvalue weighted by Gasteiger charge is -2.08. The molecule has 0 bridgehead atoms. The topological polar surface area (TPSA) is 111 Å². The van der Waals surface area contributed by atoms with Gasteiger partial charge in [-0.15, -0.1) is 10.2 Å². The third-order valence-electron chi connectivity index (χ3n) is 4.40. The van der Waals surface area contributed by atoms with E-state index in [4.69, 9.17) is 4.74 Å². The molecule has 2 aromatic carbocycles. The van der Waals surface area contributed by atoms with E-state index in [1.165, 1.54) is 18.7 Å². The molecule has 162 valence electrons. The molecular weight excluding hydrogens is 428 g/mol. The lowest BCUT2D eigenvalue weighted by molar-refractivity contribution is -0.114. The van der Waals surface area contributed by atoms with Gasteiger partial charge in [-0.25, -0.2) is 0 Å².